The van der Waals surface area contributed by atoms with Gasteiger partial charge in [0, 0.05) is 36.2 Å². The molecule has 2 N–H and O–H groups in total. The summed E-state index contributed by atoms with van der Waals surface area (Å²) in [5.41, 5.74) is 1.23. The molecule has 1 aliphatic heterocycles. The number of fused-ring (bicyclic) bond motifs is 1. The molecule has 0 unspecified atom stereocenters. The predicted molar refractivity (Wildman–Crippen MR) is 120 cm³/mol. The van der Waals surface area contributed by atoms with Crippen LogP contribution in [0.3, 0.4) is 0 Å². The lowest BCUT2D eigenvalue weighted by molar-refractivity contribution is -0.137. The Labute approximate surface area is 190 Å². The van der Waals surface area contributed by atoms with Crippen molar-refractivity contribution in [1.29, 1.82) is 0 Å². The number of hydrogen-bond donors (Lipinski definition) is 2. The van der Waals surface area contributed by atoms with Crippen LogP contribution in [0, 0.1) is 5.92 Å². The van der Waals surface area contributed by atoms with Crippen LogP contribution in [0.1, 0.15) is 37.7 Å². The molecule has 0 radical (unpaired) electrons. The number of amides is 1. The Balaban J connectivity index is 0.000000219. The van der Waals surface area contributed by atoms with Crippen molar-refractivity contribution in [3.8, 4) is 5.75 Å². The Hall–Kier alpha value is -3.00. The summed E-state index contributed by atoms with van der Waals surface area (Å²) in [4.78, 5) is 15.6. The number of halogens is 3. The molecule has 2 aliphatic rings. The molecule has 0 spiro atoms. The number of carbonyl (C=O) groups excluding carboxylic acids is 1. The number of benzene rings is 2. The number of carbonyl (C=O) groups is 1. The first kappa shape index (κ1) is 23.2. The second-order valence-electron chi connectivity index (χ2n) is 8.32. The van der Waals surface area contributed by atoms with Gasteiger partial charge >= 0.3 is 6.18 Å². The van der Waals surface area contributed by atoms with Crippen molar-refractivity contribution >= 4 is 22.5 Å². The molecule has 1 amide bonds. The quantitative estimate of drug-likeness (QED) is 0.489. The van der Waals surface area contributed by atoms with Crippen LogP contribution in [0.5, 0.6) is 5.75 Å². The van der Waals surface area contributed by atoms with Gasteiger partial charge in [0.15, 0.2) is 0 Å². The topological polar surface area (TPSA) is 63.4 Å². The van der Waals surface area contributed by atoms with Crippen molar-refractivity contribution in [2.75, 3.05) is 18.5 Å². The van der Waals surface area contributed by atoms with E-state index in [1.54, 1.807) is 6.07 Å². The van der Waals surface area contributed by atoms with Crippen LogP contribution in [0.15, 0.2) is 54.7 Å². The smallest absolute Gasteiger partial charge is 0.416 e. The van der Waals surface area contributed by atoms with Crippen molar-refractivity contribution in [1.82, 2.24) is 4.98 Å². The van der Waals surface area contributed by atoms with E-state index in [2.05, 4.69) is 10.3 Å². The van der Waals surface area contributed by atoms with E-state index in [1.807, 2.05) is 24.4 Å². The lowest BCUT2D eigenvalue weighted by Crippen LogP contribution is -2.28. The summed E-state index contributed by atoms with van der Waals surface area (Å²) in [6.45, 7) is 1.34. The minimum Gasteiger partial charge on any atom is -0.490 e. The minimum atomic E-state index is -4.21. The van der Waals surface area contributed by atoms with Gasteiger partial charge in [-0.25, -0.2) is 0 Å². The molecular weight excluding hydrogens is 433 g/mol. The molecule has 0 bridgehead atoms. The summed E-state index contributed by atoms with van der Waals surface area (Å²) in [6, 6.07) is 12.4. The number of alkyl halides is 3. The third-order valence-corrected chi connectivity index (χ3v) is 5.96. The monoisotopic (exact) mass is 460 g/mol. The van der Waals surface area contributed by atoms with Gasteiger partial charge in [0.1, 0.15) is 5.75 Å². The van der Waals surface area contributed by atoms with Crippen molar-refractivity contribution in [3.63, 3.8) is 0 Å². The molecule has 3 aromatic rings. The molecule has 2 fully saturated rings. The summed E-state index contributed by atoms with van der Waals surface area (Å²) >= 11 is 0. The van der Waals surface area contributed by atoms with Crippen LogP contribution < -0.4 is 10.1 Å². The summed E-state index contributed by atoms with van der Waals surface area (Å²) in [6.07, 6.45) is 3.12. The third-order valence-electron chi connectivity index (χ3n) is 5.96. The standard InChI is InChI=1S/C18H22N2O3.C7H5F3/c21-18(12-6-8-22-9-7-12)20-17-11-19-16-5-4-14(10-15(16)17)23-13-2-1-3-13;8-7(9,10)6-4-2-1-3-5-6/h4-5,10-13,19H,1-3,6-9H2,(H,20,21);1-5H. The van der Waals surface area contributed by atoms with Crippen molar-refractivity contribution in [2.45, 2.75) is 44.4 Å². The Morgan fingerprint density at radius 1 is 1.03 bits per heavy atom. The Bertz CT molecular complexity index is 1060. The second kappa shape index (κ2) is 10.3. The molecule has 1 aromatic heterocycles. The number of nitrogens with one attached hydrogen (secondary N) is 2. The van der Waals surface area contributed by atoms with Gasteiger partial charge in [-0.2, -0.15) is 13.2 Å². The van der Waals surface area contributed by atoms with Gasteiger partial charge in [-0.15, -0.1) is 0 Å². The van der Waals surface area contributed by atoms with Gasteiger partial charge in [0.2, 0.25) is 5.91 Å². The van der Waals surface area contributed by atoms with Gasteiger partial charge in [0.25, 0.3) is 0 Å². The first-order valence-electron chi connectivity index (χ1n) is 11.2. The van der Waals surface area contributed by atoms with Gasteiger partial charge in [-0.1, -0.05) is 30.3 Å². The van der Waals surface area contributed by atoms with E-state index >= 15 is 0 Å². The Kier molecular flexibility index (Phi) is 7.23. The number of aromatic nitrogens is 1. The number of aromatic amines is 1. The zero-order valence-corrected chi connectivity index (χ0v) is 18.2. The van der Waals surface area contributed by atoms with Gasteiger partial charge in [-0.05, 0) is 50.3 Å². The lowest BCUT2D eigenvalue weighted by Gasteiger charge is -2.26. The molecule has 2 heterocycles. The minimum absolute atomic E-state index is 0.0445. The maximum atomic E-state index is 12.4. The summed E-state index contributed by atoms with van der Waals surface area (Å²) in [7, 11) is 0. The zero-order valence-electron chi connectivity index (χ0n) is 18.2. The van der Waals surface area contributed by atoms with Crippen molar-refractivity contribution in [3.05, 3.63) is 60.3 Å². The number of ether oxygens (including phenoxy) is 2. The normalized spacial score (nSPS) is 17.1. The lowest BCUT2D eigenvalue weighted by atomic mass is 9.96. The van der Waals surface area contributed by atoms with E-state index in [0.717, 1.165) is 60.2 Å². The average Bonchev–Trinajstić information content (AvgIpc) is 3.19. The fourth-order valence-corrected chi connectivity index (χ4v) is 3.78. The molecule has 33 heavy (non-hydrogen) atoms. The summed E-state index contributed by atoms with van der Waals surface area (Å²) in [5.74, 6) is 1.01. The Morgan fingerprint density at radius 3 is 2.36 bits per heavy atom. The summed E-state index contributed by atoms with van der Waals surface area (Å²) in [5, 5.41) is 4.06. The van der Waals surface area contributed by atoms with E-state index in [9.17, 15) is 18.0 Å². The van der Waals surface area contributed by atoms with Crippen molar-refractivity contribution in [2.24, 2.45) is 5.92 Å². The molecular formula is C25H27F3N2O3. The van der Waals surface area contributed by atoms with Crippen LogP contribution in [0.4, 0.5) is 18.9 Å². The molecule has 176 valence electrons. The van der Waals surface area contributed by atoms with Crippen LogP contribution >= 0.6 is 0 Å². The fraction of sp³-hybridized carbons (Fsp3) is 0.400. The SMILES string of the molecule is FC(F)(F)c1ccccc1.O=C(Nc1c[nH]c2ccc(OC3CCC3)cc12)C1CCOCC1. The number of rotatable bonds is 4. The third kappa shape index (κ3) is 6.07. The predicted octanol–water partition coefficient (Wildman–Crippen LogP) is 6.17. The van der Waals surface area contributed by atoms with E-state index in [1.165, 1.54) is 18.6 Å². The average molecular weight is 460 g/mol. The maximum Gasteiger partial charge on any atom is 0.416 e. The van der Waals surface area contributed by atoms with Crippen molar-refractivity contribution < 1.29 is 27.4 Å². The highest BCUT2D eigenvalue weighted by atomic mass is 19.4. The summed E-state index contributed by atoms with van der Waals surface area (Å²) < 4.78 is 46.6. The van der Waals surface area contributed by atoms with Crippen LogP contribution in [-0.4, -0.2) is 30.2 Å². The van der Waals surface area contributed by atoms with Gasteiger partial charge in [0.05, 0.1) is 17.4 Å². The molecule has 1 saturated heterocycles. The Morgan fingerprint density at radius 2 is 1.76 bits per heavy atom. The van der Waals surface area contributed by atoms with E-state index in [4.69, 9.17) is 9.47 Å². The highest BCUT2D eigenvalue weighted by Crippen LogP contribution is 2.31. The molecule has 1 aliphatic carbocycles. The largest absolute Gasteiger partial charge is 0.490 e. The number of H-pyrrole nitrogens is 1. The molecule has 2 aromatic carbocycles. The van der Waals surface area contributed by atoms with Gasteiger partial charge < -0.3 is 19.8 Å². The van der Waals surface area contributed by atoms with Crippen LogP contribution in [0.2, 0.25) is 0 Å². The molecule has 5 rings (SSSR count). The first-order chi connectivity index (χ1) is 15.9. The van der Waals surface area contributed by atoms with E-state index in [0.29, 0.717) is 19.3 Å². The van der Waals surface area contributed by atoms with Gasteiger partial charge in [-0.3, -0.25) is 4.79 Å². The zero-order chi connectivity index (χ0) is 23.3. The number of anilines is 1. The highest BCUT2D eigenvalue weighted by molar-refractivity contribution is 6.02. The highest BCUT2D eigenvalue weighted by Gasteiger charge is 2.29. The van der Waals surface area contributed by atoms with E-state index in [-0.39, 0.29) is 11.8 Å². The molecule has 8 heteroatoms. The number of hydrogen-bond acceptors (Lipinski definition) is 3. The molecule has 0 atom stereocenters. The fourth-order valence-electron chi connectivity index (χ4n) is 3.78. The second-order valence-corrected chi connectivity index (χ2v) is 8.32. The maximum absolute atomic E-state index is 12.4. The molecule has 5 nitrogen and oxygen atoms in total. The first-order valence-corrected chi connectivity index (χ1v) is 11.2. The van der Waals surface area contributed by atoms with Crippen LogP contribution in [0.25, 0.3) is 10.9 Å². The van der Waals surface area contributed by atoms with E-state index < -0.39 is 11.7 Å². The van der Waals surface area contributed by atoms with Crippen LogP contribution in [-0.2, 0) is 15.7 Å². The molecule has 1 saturated carbocycles.